The van der Waals surface area contributed by atoms with E-state index in [1.54, 1.807) is 0 Å². The molecule has 0 aromatic carbocycles. The Balaban J connectivity index is 0. The van der Waals surface area contributed by atoms with Gasteiger partial charge in [-0.15, -0.1) is 0 Å². The van der Waals surface area contributed by atoms with E-state index in [1.165, 1.54) is 12.8 Å². The Labute approximate surface area is 133 Å². The summed E-state index contributed by atoms with van der Waals surface area (Å²) in [6, 6.07) is 0. The molecule has 0 radical (unpaired) electrons. The summed E-state index contributed by atoms with van der Waals surface area (Å²) in [5.41, 5.74) is 0. The van der Waals surface area contributed by atoms with E-state index in [-0.39, 0.29) is 36.2 Å². The maximum absolute atomic E-state index is 10.1. The second-order valence-electron chi connectivity index (χ2n) is 4.05. The maximum atomic E-state index is 10.1. The van der Waals surface area contributed by atoms with Crippen molar-refractivity contribution in [3.8, 4) is 0 Å². The predicted molar refractivity (Wildman–Crippen MR) is 67.4 cm³/mol. The first-order valence-corrected chi connectivity index (χ1v) is 7.65. The van der Waals surface area contributed by atoms with E-state index in [0.29, 0.717) is 6.42 Å². The first-order chi connectivity index (χ1) is 8.06. The molecule has 0 aliphatic carbocycles. The molecular weight excluding hydrogens is 263 g/mol. The molecule has 0 rings (SSSR count). The summed E-state index contributed by atoms with van der Waals surface area (Å²) >= 11 is 0. The van der Waals surface area contributed by atoms with E-state index in [0.717, 1.165) is 32.1 Å². The standard InChI is InChI=1S/C12H24O4S.Na/c1-2-3-4-5-6-7-8-9-10-11-12-16-17(13,14)15;/h5-6H,2-4,7-12H2,1H3,(H,13,14,15);/q;+1/p-1/b6-5-;. The zero-order valence-electron chi connectivity index (χ0n) is 11.6. The molecule has 0 aromatic heterocycles. The minimum absolute atomic E-state index is 0. The molecule has 0 amide bonds. The summed E-state index contributed by atoms with van der Waals surface area (Å²) in [5.74, 6) is 0. The summed E-state index contributed by atoms with van der Waals surface area (Å²) < 4.78 is 34.4. The molecule has 0 heterocycles. The van der Waals surface area contributed by atoms with Crippen LogP contribution in [0.2, 0.25) is 0 Å². The van der Waals surface area contributed by atoms with E-state index in [4.69, 9.17) is 0 Å². The molecule has 4 nitrogen and oxygen atoms in total. The SMILES string of the molecule is CCCC/C=C\CCCCCCOS(=O)(=O)[O-].[Na+]. The van der Waals surface area contributed by atoms with Gasteiger partial charge in [0.1, 0.15) is 0 Å². The van der Waals surface area contributed by atoms with Gasteiger partial charge in [-0.1, -0.05) is 44.8 Å². The van der Waals surface area contributed by atoms with E-state index < -0.39 is 10.4 Å². The number of hydrogen-bond acceptors (Lipinski definition) is 4. The summed E-state index contributed by atoms with van der Waals surface area (Å²) in [6.07, 6.45) is 12.8. The fourth-order valence-corrected chi connectivity index (χ4v) is 1.76. The van der Waals surface area contributed by atoms with Crippen LogP contribution in [0.4, 0.5) is 0 Å². The minimum Gasteiger partial charge on any atom is -0.726 e. The summed E-state index contributed by atoms with van der Waals surface area (Å²) in [7, 11) is -4.50. The van der Waals surface area contributed by atoms with Gasteiger partial charge in [0, 0.05) is 0 Å². The van der Waals surface area contributed by atoms with Crippen molar-refractivity contribution in [1.29, 1.82) is 0 Å². The third kappa shape index (κ3) is 19.0. The van der Waals surface area contributed by atoms with Crippen molar-refractivity contribution >= 4 is 10.4 Å². The number of unbranched alkanes of at least 4 members (excludes halogenated alkanes) is 6. The third-order valence-electron chi connectivity index (χ3n) is 2.38. The average Bonchev–Trinajstić information content (AvgIpc) is 2.24. The number of hydrogen-bond donors (Lipinski definition) is 0. The van der Waals surface area contributed by atoms with Crippen LogP contribution in [-0.2, 0) is 14.6 Å². The van der Waals surface area contributed by atoms with Crippen LogP contribution in [-0.4, -0.2) is 19.6 Å². The van der Waals surface area contributed by atoms with Gasteiger partial charge in [0.05, 0.1) is 6.61 Å². The fourth-order valence-electron chi connectivity index (χ4n) is 1.44. The van der Waals surface area contributed by atoms with Gasteiger partial charge < -0.3 is 4.55 Å². The van der Waals surface area contributed by atoms with Gasteiger partial charge >= 0.3 is 29.6 Å². The topological polar surface area (TPSA) is 66.4 Å². The van der Waals surface area contributed by atoms with Gasteiger partial charge in [-0.25, -0.2) is 8.42 Å². The molecule has 0 aromatic rings. The second kappa shape index (κ2) is 14.0. The normalized spacial score (nSPS) is 11.7. The molecule has 6 heteroatoms. The van der Waals surface area contributed by atoms with Crippen molar-refractivity contribution in [2.75, 3.05) is 6.61 Å². The fraction of sp³-hybridized carbons (Fsp3) is 0.833. The molecule has 0 atom stereocenters. The molecule has 0 aliphatic rings. The molecule has 0 bridgehead atoms. The Bertz CT molecular complexity index is 288. The monoisotopic (exact) mass is 286 g/mol. The molecule has 0 spiro atoms. The Hall–Kier alpha value is 0.610. The van der Waals surface area contributed by atoms with Crippen LogP contribution in [0.3, 0.4) is 0 Å². The van der Waals surface area contributed by atoms with Gasteiger partial charge in [-0.2, -0.15) is 0 Å². The molecule has 0 N–H and O–H groups in total. The second-order valence-corrected chi connectivity index (χ2v) is 5.10. The first-order valence-electron chi connectivity index (χ1n) is 6.31. The van der Waals surface area contributed by atoms with E-state index >= 15 is 0 Å². The quantitative estimate of drug-likeness (QED) is 0.178. The van der Waals surface area contributed by atoms with Crippen LogP contribution < -0.4 is 29.6 Å². The van der Waals surface area contributed by atoms with Crippen molar-refractivity contribution in [2.45, 2.75) is 58.3 Å². The largest absolute Gasteiger partial charge is 1.00 e. The molecule has 18 heavy (non-hydrogen) atoms. The van der Waals surface area contributed by atoms with E-state index in [1.807, 2.05) is 0 Å². The van der Waals surface area contributed by atoms with Crippen molar-refractivity contribution < 1.29 is 46.7 Å². The van der Waals surface area contributed by atoms with Crippen molar-refractivity contribution in [3.05, 3.63) is 12.2 Å². The smallest absolute Gasteiger partial charge is 0.726 e. The zero-order chi connectivity index (χ0) is 13.0. The van der Waals surface area contributed by atoms with Gasteiger partial charge in [0.15, 0.2) is 0 Å². The first kappa shape index (κ1) is 20.9. The van der Waals surface area contributed by atoms with E-state index in [9.17, 15) is 13.0 Å². The van der Waals surface area contributed by atoms with Crippen LogP contribution in [0.15, 0.2) is 12.2 Å². The van der Waals surface area contributed by atoms with Crippen LogP contribution in [0, 0.1) is 0 Å². The molecule has 102 valence electrons. The van der Waals surface area contributed by atoms with Gasteiger partial charge in [0.2, 0.25) is 10.4 Å². The maximum Gasteiger partial charge on any atom is 1.00 e. The molecular formula is C12H23NaO4S. The van der Waals surface area contributed by atoms with Crippen molar-refractivity contribution in [2.24, 2.45) is 0 Å². The Kier molecular flexibility index (Phi) is 16.3. The molecule has 0 saturated heterocycles. The molecule has 0 saturated carbocycles. The van der Waals surface area contributed by atoms with Crippen LogP contribution in [0.25, 0.3) is 0 Å². The third-order valence-corrected chi connectivity index (χ3v) is 2.84. The van der Waals surface area contributed by atoms with E-state index in [2.05, 4.69) is 23.3 Å². The molecule has 0 aliphatic heterocycles. The minimum atomic E-state index is -4.50. The van der Waals surface area contributed by atoms with Crippen LogP contribution in [0.1, 0.15) is 58.3 Å². The van der Waals surface area contributed by atoms with Crippen LogP contribution >= 0.6 is 0 Å². The Morgan fingerprint density at radius 1 is 1.00 bits per heavy atom. The Morgan fingerprint density at radius 2 is 1.56 bits per heavy atom. The number of rotatable bonds is 11. The molecule has 0 fully saturated rings. The number of allylic oxidation sites excluding steroid dienone is 2. The molecule has 0 unspecified atom stereocenters. The van der Waals surface area contributed by atoms with Gasteiger partial charge in [-0.3, -0.25) is 4.18 Å². The van der Waals surface area contributed by atoms with Gasteiger partial charge in [-0.05, 0) is 25.7 Å². The summed E-state index contributed by atoms with van der Waals surface area (Å²) in [6.45, 7) is 2.19. The van der Waals surface area contributed by atoms with Gasteiger partial charge in [0.25, 0.3) is 0 Å². The zero-order valence-corrected chi connectivity index (χ0v) is 14.4. The van der Waals surface area contributed by atoms with Crippen LogP contribution in [0.5, 0.6) is 0 Å². The summed E-state index contributed by atoms with van der Waals surface area (Å²) in [5, 5.41) is 0. The van der Waals surface area contributed by atoms with Crippen molar-refractivity contribution in [1.82, 2.24) is 0 Å². The Morgan fingerprint density at radius 3 is 2.11 bits per heavy atom. The van der Waals surface area contributed by atoms with Crippen molar-refractivity contribution in [3.63, 3.8) is 0 Å². The summed E-state index contributed by atoms with van der Waals surface area (Å²) in [4.78, 5) is 0. The average molecular weight is 286 g/mol. The predicted octanol–water partition coefficient (Wildman–Crippen LogP) is 0.164.